The van der Waals surface area contributed by atoms with Gasteiger partial charge in [-0.25, -0.2) is 0 Å². The van der Waals surface area contributed by atoms with E-state index in [0.29, 0.717) is 6.04 Å². The van der Waals surface area contributed by atoms with Crippen molar-refractivity contribution in [2.24, 2.45) is 0 Å². The largest absolute Gasteiger partial charge is 0.395 e. The van der Waals surface area contributed by atoms with Crippen molar-refractivity contribution in [3.8, 4) is 0 Å². The molecule has 0 heterocycles. The summed E-state index contributed by atoms with van der Waals surface area (Å²) in [4.78, 5) is 2.41. The minimum Gasteiger partial charge on any atom is -0.395 e. The number of rotatable bonds is 10. The molecule has 0 unspecified atom stereocenters. The molecule has 0 saturated carbocycles. The van der Waals surface area contributed by atoms with Crippen LogP contribution in [0.3, 0.4) is 0 Å². The van der Waals surface area contributed by atoms with Gasteiger partial charge in [0.1, 0.15) is 0 Å². The van der Waals surface area contributed by atoms with Crippen LogP contribution in [0.2, 0.25) is 0 Å². The van der Waals surface area contributed by atoms with Crippen molar-refractivity contribution in [1.82, 2.24) is 10.2 Å². The summed E-state index contributed by atoms with van der Waals surface area (Å²) in [5.74, 6) is 0. The molecule has 0 aliphatic carbocycles. The highest BCUT2D eigenvalue weighted by atomic mass is 16.3. The summed E-state index contributed by atoms with van der Waals surface area (Å²) in [7, 11) is 0. The molecule has 92 valence electrons. The summed E-state index contributed by atoms with van der Waals surface area (Å²) in [5, 5.41) is 12.4. The van der Waals surface area contributed by atoms with Gasteiger partial charge in [0.2, 0.25) is 0 Å². The first-order valence-corrected chi connectivity index (χ1v) is 6.35. The van der Waals surface area contributed by atoms with Gasteiger partial charge < -0.3 is 10.4 Å². The number of aliphatic hydroxyl groups excluding tert-OH is 1. The maximum Gasteiger partial charge on any atom is 0.0558 e. The normalized spacial score (nSPS) is 11.6. The standard InChI is InChI=1S/C12H28N2O/c1-4-12(5-2)14(10-11-15)9-7-8-13-6-3/h12-13,15H,4-11H2,1-3H3. The van der Waals surface area contributed by atoms with E-state index in [4.69, 9.17) is 5.11 Å². The van der Waals surface area contributed by atoms with Gasteiger partial charge in [-0.15, -0.1) is 0 Å². The quantitative estimate of drug-likeness (QED) is 0.543. The molecule has 0 atom stereocenters. The lowest BCUT2D eigenvalue weighted by Gasteiger charge is -2.29. The smallest absolute Gasteiger partial charge is 0.0558 e. The van der Waals surface area contributed by atoms with Crippen molar-refractivity contribution < 1.29 is 5.11 Å². The van der Waals surface area contributed by atoms with Crippen molar-refractivity contribution in [1.29, 1.82) is 0 Å². The molecule has 3 nitrogen and oxygen atoms in total. The Balaban J connectivity index is 3.80. The topological polar surface area (TPSA) is 35.5 Å². The molecule has 0 rings (SSSR count). The van der Waals surface area contributed by atoms with Crippen LogP contribution in [0.15, 0.2) is 0 Å². The van der Waals surface area contributed by atoms with Gasteiger partial charge in [0.25, 0.3) is 0 Å². The molecule has 2 N–H and O–H groups in total. The molecule has 15 heavy (non-hydrogen) atoms. The van der Waals surface area contributed by atoms with E-state index in [1.165, 1.54) is 19.3 Å². The zero-order valence-corrected chi connectivity index (χ0v) is 10.6. The van der Waals surface area contributed by atoms with Gasteiger partial charge in [0.15, 0.2) is 0 Å². The number of nitrogens with zero attached hydrogens (tertiary/aromatic N) is 1. The van der Waals surface area contributed by atoms with E-state index in [1.54, 1.807) is 0 Å². The van der Waals surface area contributed by atoms with Crippen molar-refractivity contribution in [3.05, 3.63) is 0 Å². The predicted octanol–water partition coefficient (Wildman–Crippen LogP) is 1.47. The Morgan fingerprint density at radius 1 is 1.13 bits per heavy atom. The van der Waals surface area contributed by atoms with E-state index in [2.05, 4.69) is 31.0 Å². The summed E-state index contributed by atoms with van der Waals surface area (Å²) >= 11 is 0. The van der Waals surface area contributed by atoms with Crippen LogP contribution in [0.5, 0.6) is 0 Å². The van der Waals surface area contributed by atoms with Gasteiger partial charge >= 0.3 is 0 Å². The van der Waals surface area contributed by atoms with Crippen molar-refractivity contribution >= 4 is 0 Å². The second kappa shape index (κ2) is 10.4. The van der Waals surface area contributed by atoms with E-state index in [1.807, 2.05) is 0 Å². The molecule has 0 aromatic rings. The maximum absolute atomic E-state index is 9.02. The van der Waals surface area contributed by atoms with E-state index in [-0.39, 0.29) is 6.61 Å². The van der Waals surface area contributed by atoms with Crippen LogP contribution in [0.1, 0.15) is 40.0 Å². The van der Waals surface area contributed by atoms with Crippen LogP contribution in [-0.2, 0) is 0 Å². The summed E-state index contributed by atoms with van der Waals surface area (Å²) in [6.45, 7) is 10.9. The fourth-order valence-corrected chi connectivity index (χ4v) is 1.99. The second-order valence-electron chi connectivity index (χ2n) is 3.94. The lowest BCUT2D eigenvalue weighted by atomic mass is 10.1. The molecule has 0 bridgehead atoms. The SMILES string of the molecule is CCNCCCN(CCO)C(CC)CC. The molecule has 0 aliphatic heterocycles. The average molecular weight is 216 g/mol. The molecular weight excluding hydrogens is 188 g/mol. The Kier molecular flexibility index (Phi) is 10.3. The van der Waals surface area contributed by atoms with Crippen molar-refractivity contribution in [3.63, 3.8) is 0 Å². The Bertz CT molecular complexity index is 127. The molecule has 0 fully saturated rings. The summed E-state index contributed by atoms with van der Waals surface area (Å²) < 4.78 is 0. The number of aliphatic hydroxyl groups is 1. The zero-order chi connectivity index (χ0) is 11.5. The van der Waals surface area contributed by atoms with Crippen LogP contribution in [-0.4, -0.2) is 48.8 Å². The fourth-order valence-electron chi connectivity index (χ4n) is 1.99. The molecule has 0 saturated heterocycles. The first kappa shape index (κ1) is 14.9. The highest BCUT2D eigenvalue weighted by Crippen LogP contribution is 2.08. The van der Waals surface area contributed by atoms with E-state index < -0.39 is 0 Å². The molecule has 0 spiro atoms. The zero-order valence-electron chi connectivity index (χ0n) is 10.6. The minimum absolute atomic E-state index is 0.276. The van der Waals surface area contributed by atoms with Crippen molar-refractivity contribution in [2.75, 3.05) is 32.8 Å². The van der Waals surface area contributed by atoms with E-state index >= 15 is 0 Å². The van der Waals surface area contributed by atoms with E-state index in [0.717, 1.165) is 26.2 Å². The molecular formula is C12H28N2O. The third-order valence-electron chi connectivity index (χ3n) is 2.89. The minimum atomic E-state index is 0.276. The summed E-state index contributed by atoms with van der Waals surface area (Å²) in [6.07, 6.45) is 3.53. The molecule has 0 amide bonds. The lowest BCUT2D eigenvalue weighted by Crippen LogP contribution is -2.38. The van der Waals surface area contributed by atoms with Gasteiger partial charge in [0, 0.05) is 12.6 Å². The highest BCUT2D eigenvalue weighted by Gasteiger charge is 2.13. The van der Waals surface area contributed by atoms with Crippen LogP contribution in [0, 0.1) is 0 Å². The number of nitrogens with one attached hydrogen (secondary N) is 1. The van der Waals surface area contributed by atoms with Crippen LogP contribution in [0.25, 0.3) is 0 Å². The third kappa shape index (κ3) is 6.88. The predicted molar refractivity (Wildman–Crippen MR) is 66.2 cm³/mol. The van der Waals surface area contributed by atoms with Crippen LogP contribution >= 0.6 is 0 Å². The van der Waals surface area contributed by atoms with Gasteiger partial charge in [-0.2, -0.15) is 0 Å². The first-order chi connectivity index (χ1) is 7.29. The molecule has 0 radical (unpaired) electrons. The summed E-state index contributed by atoms with van der Waals surface area (Å²) in [6, 6.07) is 0.638. The average Bonchev–Trinajstić information content (AvgIpc) is 2.26. The Morgan fingerprint density at radius 3 is 2.27 bits per heavy atom. The first-order valence-electron chi connectivity index (χ1n) is 6.35. The van der Waals surface area contributed by atoms with Gasteiger partial charge in [-0.1, -0.05) is 20.8 Å². The molecule has 0 aromatic heterocycles. The number of hydrogen-bond donors (Lipinski definition) is 2. The maximum atomic E-state index is 9.02. The molecule has 3 heteroatoms. The monoisotopic (exact) mass is 216 g/mol. The summed E-state index contributed by atoms with van der Waals surface area (Å²) in [5.41, 5.74) is 0. The van der Waals surface area contributed by atoms with Crippen LogP contribution in [0.4, 0.5) is 0 Å². The van der Waals surface area contributed by atoms with Gasteiger partial charge in [-0.3, -0.25) is 4.90 Å². The molecule has 0 aliphatic rings. The molecule has 0 aromatic carbocycles. The van der Waals surface area contributed by atoms with Gasteiger partial charge in [0.05, 0.1) is 6.61 Å². The van der Waals surface area contributed by atoms with Crippen LogP contribution < -0.4 is 5.32 Å². The third-order valence-corrected chi connectivity index (χ3v) is 2.89. The lowest BCUT2D eigenvalue weighted by molar-refractivity contribution is 0.142. The highest BCUT2D eigenvalue weighted by molar-refractivity contribution is 4.69. The Labute approximate surface area is 94.9 Å². The fraction of sp³-hybridized carbons (Fsp3) is 1.00. The Morgan fingerprint density at radius 2 is 1.80 bits per heavy atom. The Hall–Kier alpha value is -0.120. The second-order valence-corrected chi connectivity index (χ2v) is 3.94. The van der Waals surface area contributed by atoms with Crippen molar-refractivity contribution in [2.45, 2.75) is 46.1 Å². The van der Waals surface area contributed by atoms with Gasteiger partial charge in [-0.05, 0) is 38.9 Å². The van der Waals surface area contributed by atoms with E-state index in [9.17, 15) is 0 Å². The number of hydrogen-bond acceptors (Lipinski definition) is 3.